The molecule has 3 rings (SSSR count). The van der Waals surface area contributed by atoms with E-state index >= 15 is 0 Å². The molecule has 0 radical (unpaired) electrons. The zero-order chi connectivity index (χ0) is 19.2. The molecule has 0 bridgehead atoms. The number of ether oxygens (including phenoxy) is 1. The van der Waals surface area contributed by atoms with Gasteiger partial charge in [0.25, 0.3) is 5.91 Å². The van der Waals surface area contributed by atoms with Gasteiger partial charge in [0.05, 0.1) is 11.2 Å². The first-order valence-electron chi connectivity index (χ1n) is 8.18. The summed E-state index contributed by atoms with van der Waals surface area (Å²) in [7, 11) is 0. The number of nitrogens with one attached hydrogen (secondary N) is 1. The average Bonchev–Trinajstić information content (AvgIpc) is 2.68. The van der Waals surface area contributed by atoms with Crippen molar-refractivity contribution in [3.8, 4) is 0 Å². The van der Waals surface area contributed by atoms with Crippen LogP contribution in [0, 0.1) is 0 Å². The number of halogens is 1. The molecule has 3 aromatic rings. The molecule has 0 fully saturated rings. The largest absolute Gasteiger partial charge is 0.449 e. The first kappa shape index (κ1) is 18.5. The predicted molar refractivity (Wildman–Crippen MR) is 104 cm³/mol. The molecule has 0 saturated carbocycles. The minimum Gasteiger partial charge on any atom is -0.449 e. The van der Waals surface area contributed by atoms with Gasteiger partial charge in [0.15, 0.2) is 11.3 Å². The summed E-state index contributed by atoms with van der Waals surface area (Å²) in [6.07, 6.45) is 5.08. The highest BCUT2D eigenvalue weighted by atomic mass is 35.5. The molecule has 0 spiro atoms. The molecule has 0 aliphatic carbocycles. The number of nitrogens with zero attached hydrogens (tertiary/aromatic N) is 2. The van der Waals surface area contributed by atoms with Crippen molar-refractivity contribution in [3.63, 3.8) is 0 Å². The Morgan fingerprint density at radius 2 is 1.85 bits per heavy atom. The van der Waals surface area contributed by atoms with E-state index in [-0.39, 0.29) is 5.15 Å². The van der Waals surface area contributed by atoms with Crippen LogP contribution in [0.4, 0.5) is 5.69 Å². The maximum Gasteiger partial charge on any atom is 0.331 e. The molecule has 1 N–H and O–H groups in total. The van der Waals surface area contributed by atoms with Gasteiger partial charge in [-0.15, -0.1) is 0 Å². The van der Waals surface area contributed by atoms with Crippen LogP contribution in [-0.4, -0.2) is 27.9 Å². The van der Waals surface area contributed by atoms with Crippen LogP contribution in [0.3, 0.4) is 0 Å². The molecule has 0 aliphatic heterocycles. The number of carbonyl (C=O) groups is 2. The van der Waals surface area contributed by atoms with Crippen molar-refractivity contribution in [2.24, 2.45) is 0 Å². The Bertz CT molecular complexity index is 1010. The van der Waals surface area contributed by atoms with Gasteiger partial charge in [-0.2, -0.15) is 0 Å². The Kier molecular flexibility index (Phi) is 5.78. The third kappa shape index (κ3) is 4.68. The van der Waals surface area contributed by atoms with E-state index in [1.807, 2.05) is 30.3 Å². The van der Waals surface area contributed by atoms with Crippen molar-refractivity contribution in [3.05, 3.63) is 71.7 Å². The Balaban J connectivity index is 1.63. The standard InChI is InChI=1S/C20H16ClN3O3/c1-13(20(26)24-16-8-4-12-23-19(16)21)27-17(25)10-9-15-6-2-5-14-7-3-11-22-18(14)15/h2-13H,1H3,(H,24,26)/b10-9-/t13-/m0/s1. The molecule has 1 aromatic carbocycles. The first-order chi connectivity index (χ1) is 13.0. The van der Waals surface area contributed by atoms with Crippen molar-refractivity contribution in [2.45, 2.75) is 13.0 Å². The molecule has 0 unspecified atom stereocenters. The topological polar surface area (TPSA) is 81.2 Å². The quantitative estimate of drug-likeness (QED) is 0.412. The van der Waals surface area contributed by atoms with Crippen LogP contribution >= 0.6 is 11.6 Å². The highest BCUT2D eigenvalue weighted by molar-refractivity contribution is 6.32. The van der Waals surface area contributed by atoms with E-state index in [9.17, 15) is 9.59 Å². The van der Waals surface area contributed by atoms with E-state index in [2.05, 4.69) is 15.3 Å². The van der Waals surface area contributed by atoms with Crippen LogP contribution in [0.2, 0.25) is 5.15 Å². The summed E-state index contributed by atoms with van der Waals surface area (Å²) in [5.41, 5.74) is 1.91. The number of benzene rings is 1. The zero-order valence-electron chi connectivity index (χ0n) is 14.4. The van der Waals surface area contributed by atoms with E-state index in [1.165, 1.54) is 19.2 Å². The normalized spacial score (nSPS) is 12.1. The van der Waals surface area contributed by atoms with Crippen LogP contribution in [0.5, 0.6) is 0 Å². The van der Waals surface area contributed by atoms with Gasteiger partial charge in [-0.25, -0.2) is 9.78 Å². The summed E-state index contributed by atoms with van der Waals surface area (Å²) in [5, 5.41) is 3.70. The van der Waals surface area contributed by atoms with Crippen molar-refractivity contribution in [2.75, 3.05) is 5.32 Å². The molecule has 0 aliphatic rings. The van der Waals surface area contributed by atoms with Crippen molar-refractivity contribution in [1.82, 2.24) is 9.97 Å². The molecule has 7 heteroatoms. The number of amides is 1. The van der Waals surface area contributed by atoms with Crippen LogP contribution < -0.4 is 5.32 Å². The van der Waals surface area contributed by atoms with Crippen LogP contribution in [0.15, 0.2) is 60.9 Å². The summed E-state index contributed by atoms with van der Waals surface area (Å²) in [6, 6.07) is 12.7. The number of fused-ring (bicyclic) bond motifs is 1. The second-order valence-electron chi connectivity index (χ2n) is 5.67. The molecule has 2 aromatic heterocycles. The van der Waals surface area contributed by atoms with Gasteiger partial charge in [0.1, 0.15) is 0 Å². The van der Waals surface area contributed by atoms with Gasteiger partial charge in [0, 0.05) is 29.4 Å². The van der Waals surface area contributed by atoms with Crippen molar-refractivity contribution >= 4 is 46.1 Å². The number of anilines is 1. The van der Waals surface area contributed by atoms with Crippen molar-refractivity contribution < 1.29 is 14.3 Å². The molecule has 1 amide bonds. The molecule has 2 heterocycles. The smallest absolute Gasteiger partial charge is 0.331 e. The monoisotopic (exact) mass is 381 g/mol. The maximum absolute atomic E-state index is 12.1. The first-order valence-corrected chi connectivity index (χ1v) is 8.56. The minimum atomic E-state index is -0.996. The summed E-state index contributed by atoms with van der Waals surface area (Å²) < 4.78 is 5.14. The second kappa shape index (κ2) is 8.42. The van der Waals surface area contributed by atoms with Crippen LogP contribution in [0.25, 0.3) is 17.0 Å². The van der Waals surface area contributed by atoms with Gasteiger partial charge in [-0.1, -0.05) is 35.9 Å². The summed E-state index contributed by atoms with van der Waals surface area (Å²) in [4.78, 5) is 32.4. The molecule has 1 atom stereocenters. The number of aromatic nitrogens is 2. The number of rotatable bonds is 5. The van der Waals surface area contributed by atoms with Crippen LogP contribution in [-0.2, 0) is 14.3 Å². The fourth-order valence-corrected chi connectivity index (χ4v) is 2.57. The lowest BCUT2D eigenvalue weighted by molar-refractivity contribution is -0.148. The molecule has 27 heavy (non-hydrogen) atoms. The number of para-hydroxylation sites is 1. The Hall–Kier alpha value is -3.25. The zero-order valence-corrected chi connectivity index (χ0v) is 15.2. The lowest BCUT2D eigenvalue weighted by atomic mass is 10.1. The fraction of sp³-hybridized carbons (Fsp3) is 0.100. The van der Waals surface area contributed by atoms with Crippen molar-refractivity contribution in [1.29, 1.82) is 0 Å². The third-order valence-corrected chi connectivity index (χ3v) is 4.04. The second-order valence-corrected chi connectivity index (χ2v) is 6.02. The Morgan fingerprint density at radius 1 is 1.11 bits per heavy atom. The fourth-order valence-electron chi connectivity index (χ4n) is 2.40. The minimum absolute atomic E-state index is 0.160. The predicted octanol–water partition coefficient (Wildman–Crippen LogP) is 3.87. The molecule has 136 valence electrons. The van der Waals surface area contributed by atoms with Gasteiger partial charge in [-0.3, -0.25) is 9.78 Å². The number of pyridine rings is 2. The summed E-state index contributed by atoms with van der Waals surface area (Å²) in [6.45, 7) is 1.48. The van der Waals surface area contributed by atoms with Gasteiger partial charge in [-0.05, 0) is 31.2 Å². The molecule has 6 nitrogen and oxygen atoms in total. The van der Waals surface area contributed by atoms with Gasteiger partial charge in [0.2, 0.25) is 0 Å². The third-order valence-electron chi connectivity index (χ3n) is 3.74. The van der Waals surface area contributed by atoms with Gasteiger partial charge >= 0.3 is 5.97 Å². The van der Waals surface area contributed by atoms with E-state index in [4.69, 9.17) is 16.3 Å². The summed E-state index contributed by atoms with van der Waals surface area (Å²) >= 11 is 5.89. The Labute approximate surface area is 160 Å². The van der Waals surface area contributed by atoms with E-state index in [0.29, 0.717) is 5.69 Å². The maximum atomic E-state index is 12.1. The highest BCUT2D eigenvalue weighted by Crippen LogP contribution is 2.18. The summed E-state index contributed by atoms with van der Waals surface area (Å²) in [5.74, 6) is -1.14. The Morgan fingerprint density at radius 3 is 2.67 bits per heavy atom. The number of hydrogen-bond acceptors (Lipinski definition) is 5. The lowest BCUT2D eigenvalue weighted by Crippen LogP contribution is -2.29. The van der Waals surface area contributed by atoms with Crippen LogP contribution in [0.1, 0.15) is 12.5 Å². The highest BCUT2D eigenvalue weighted by Gasteiger charge is 2.17. The van der Waals surface area contributed by atoms with E-state index < -0.39 is 18.0 Å². The van der Waals surface area contributed by atoms with E-state index in [1.54, 1.807) is 24.4 Å². The number of hydrogen-bond donors (Lipinski definition) is 1. The molecular weight excluding hydrogens is 366 g/mol. The average molecular weight is 382 g/mol. The number of carbonyl (C=O) groups excluding carboxylic acids is 2. The van der Waals surface area contributed by atoms with E-state index in [0.717, 1.165) is 16.5 Å². The van der Waals surface area contributed by atoms with Gasteiger partial charge < -0.3 is 10.1 Å². The number of esters is 1. The molecular formula is C20H16ClN3O3. The molecule has 0 saturated heterocycles. The lowest BCUT2D eigenvalue weighted by Gasteiger charge is -2.12. The SMILES string of the molecule is C[C@H](OC(=O)/C=C\c1cccc2cccnc12)C(=O)Nc1cccnc1Cl.